The summed E-state index contributed by atoms with van der Waals surface area (Å²) in [5, 5.41) is 4.28. The smallest absolute Gasteiger partial charge is 0.264 e. The van der Waals surface area contributed by atoms with Gasteiger partial charge < -0.3 is 4.74 Å². The van der Waals surface area contributed by atoms with Gasteiger partial charge in [-0.2, -0.15) is 5.10 Å². The second-order valence-electron chi connectivity index (χ2n) is 3.58. The first-order valence-electron chi connectivity index (χ1n) is 5.47. The Labute approximate surface area is 106 Å². The molecule has 1 aromatic heterocycles. The minimum atomic E-state index is -3.74. The predicted molar refractivity (Wildman–Crippen MR) is 65.9 cm³/mol. The molecule has 0 saturated carbocycles. The molecule has 0 aliphatic heterocycles. The molecule has 5 nitrogen and oxygen atoms in total. The Hall–Kier alpha value is -0.590. The van der Waals surface area contributed by atoms with Crippen LogP contribution in [0.15, 0.2) is 4.90 Å². The van der Waals surface area contributed by atoms with E-state index in [0.29, 0.717) is 37.4 Å². The van der Waals surface area contributed by atoms with Crippen LogP contribution in [0.2, 0.25) is 0 Å². The lowest BCUT2D eigenvalue weighted by Crippen LogP contribution is -2.10. The third kappa shape index (κ3) is 3.20. The Morgan fingerprint density at radius 1 is 1.35 bits per heavy atom. The van der Waals surface area contributed by atoms with Crippen molar-refractivity contribution >= 4 is 19.7 Å². The Balaban J connectivity index is 3.31. The zero-order valence-electron chi connectivity index (χ0n) is 10.2. The van der Waals surface area contributed by atoms with E-state index >= 15 is 0 Å². The second-order valence-corrected chi connectivity index (χ2v) is 6.09. The van der Waals surface area contributed by atoms with Gasteiger partial charge in [0.1, 0.15) is 4.90 Å². The Morgan fingerprint density at radius 2 is 2.00 bits per heavy atom. The maximum Gasteiger partial charge on any atom is 0.264 e. The van der Waals surface area contributed by atoms with Crippen LogP contribution in [0, 0.1) is 0 Å². The molecule has 1 aromatic rings. The summed E-state index contributed by atoms with van der Waals surface area (Å²) in [6, 6.07) is 0. The van der Waals surface area contributed by atoms with Crippen molar-refractivity contribution in [3.8, 4) is 0 Å². The molecule has 0 amide bonds. The van der Waals surface area contributed by atoms with Gasteiger partial charge in [-0.3, -0.25) is 4.68 Å². The molecule has 0 unspecified atom stereocenters. The van der Waals surface area contributed by atoms with Crippen LogP contribution in [-0.4, -0.2) is 31.9 Å². The fraction of sp³-hybridized carbons (Fsp3) is 0.700. The summed E-state index contributed by atoms with van der Waals surface area (Å²) in [4.78, 5) is 0.167. The van der Waals surface area contributed by atoms with Crippen molar-refractivity contribution in [2.24, 2.45) is 0 Å². The number of aryl methyl sites for hydroxylation is 1. The van der Waals surface area contributed by atoms with E-state index in [0.717, 1.165) is 0 Å². The van der Waals surface area contributed by atoms with E-state index in [1.165, 1.54) is 0 Å². The van der Waals surface area contributed by atoms with E-state index < -0.39 is 9.05 Å². The highest BCUT2D eigenvalue weighted by Crippen LogP contribution is 2.25. The molecule has 0 N–H and O–H groups in total. The first kappa shape index (κ1) is 14.5. The molecule has 1 heterocycles. The number of hydrogen-bond acceptors (Lipinski definition) is 4. The van der Waals surface area contributed by atoms with Crippen LogP contribution in [0.5, 0.6) is 0 Å². The van der Waals surface area contributed by atoms with Gasteiger partial charge in [-0.1, -0.05) is 13.8 Å². The van der Waals surface area contributed by atoms with E-state index in [2.05, 4.69) is 5.10 Å². The minimum Gasteiger partial charge on any atom is -0.383 e. The van der Waals surface area contributed by atoms with Crippen molar-refractivity contribution in [1.29, 1.82) is 0 Å². The molecule has 0 spiro atoms. The maximum atomic E-state index is 11.6. The lowest BCUT2D eigenvalue weighted by atomic mass is 10.2. The van der Waals surface area contributed by atoms with E-state index in [9.17, 15) is 8.42 Å². The summed E-state index contributed by atoms with van der Waals surface area (Å²) < 4.78 is 29.8. The van der Waals surface area contributed by atoms with Crippen molar-refractivity contribution in [2.45, 2.75) is 38.1 Å². The molecule has 0 fully saturated rings. The number of rotatable bonds is 6. The van der Waals surface area contributed by atoms with Crippen molar-refractivity contribution in [3.05, 3.63) is 11.4 Å². The minimum absolute atomic E-state index is 0.167. The van der Waals surface area contributed by atoms with Crippen molar-refractivity contribution in [1.82, 2.24) is 9.78 Å². The lowest BCUT2D eigenvalue weighted by molar-refractivity contribution is 0.182. The summed E-state index contributed by atoms with van der Waals surface area (Å²) >= 11 is 0. The summed E-state index contributed by atoms with van der Waals surface area (Å²) in [6.45, 7) is 4.75. The Bertz CT molecular complexity index is 482. The average Bonchev–Trinajstić information content (AvgIpc) is 2.63. The molecule has 0 radical (unpaired) electrons. The third-order valence-corrected chi connectivity index (χ3v) is 3.92. The lowest BCUT2D eigenvalue weighted by Gasteiger charge is -2.05. The molecule has 0 bridgehead atoms. The van der Waals surface area contributed by atoms with Crippen molar-refractivity contribution in [3.63, 3.8) is 0 Å². The number of nitrogens with zero attached hydrogens (tertiary/aromatic N) is 2. The van der Waals surface area contributed by atoms with E-state index in [1.54, 1.807) is 11.8 Å². The summed E-state index contributed by atoms with van der Waals surface area (Å²) in [7, 11) is 3.31. The summed E-state index contributed by atoms with van der Waals surface area (Å²) in [5.41, 5.74) is 1.17. The first-order chi connectivity index (χ1) is 7.95. The zero-order valence-corrected chi connectivity index (χ0v) is 11.8. The number of aromatic nitrogens is 2. The number of ether oxygens (including phenoxy) is 1. The summed E-state index contributed by atoms with van der Waals surface area (Å²) in [5.74, 6) is 0. The molecular formula is C10H17ClN2O3S. The Kier molecular flexibility index (Phi) is 4.97. The molecule has 0 atom stereocenters. The van der Waals surface area contributed by atoms with Crippen molar-refractivity contribution in [2.75, 3.05) is 13.7 Å². The van der Waals surface area contributed by atoms with E-state index in [4.69, 9.17) is 15.4 Å². The topological polar surface area (TPSA) is 61.2 Å². The zero-order chi connectivity index (χ0) is 13.1. The molecular weight excluding hydrogens is 264 g/mol. The fourth-order valence-electron chi connectivity index (χ4n) is 1.75. The van der Waals surface area contributed by atoms with Crippen LogP contribution in [-0.2, 0) is 33.2 Å². The number of hydrogen-bond donors (Lipinski definition) is 0. The van der Waals surface area contributed by atoms with Crippen LogP contribution in [0.3, 0.4) is 0 Å². The van der Waals surface area contributed by atoms with Gasteiger partial charge in [-0.25, -0.2) is 8.42 Å². The SMILES string of the molecule is CCc1nn(CCOC)c(CC)c1S(=O)(=O)Cl. The predicted octanol–water partition coefficient (Wildman–Crippen LogP) is 1.58. The normalized spacial score (nSPS) is 12.0. The highest BCUT2D eigenvalue weighted by atomic mass is 35.7. The van der Waals surface area contributed by atoms with Crippen LogP contribution in [0.1, 0.15) is 25.2 Å². The fourth-order valence-corrected chi connectivity index (χ4v) is 3.29. The van der Waals surface area contributed by atoms with Crippen LogP contribution in [0.4, 0.5) is 0 Å². The van der Waals surface area contributed by atoms with E-state index in [-0.39, 0.29) is 4.90 Å². The van der Waals surface area contributed by atoms with Gasteiger partial charge >= 0.3 is 0 Å². The van der Waals surface area contributed by atoms with Crippen LogP contribution in [0.25, 0.3) is 0 Å². The van der Waals surface area contributed by atoms with Gasteiger partial charge in [0.05, 0.1) is 24.5 Å². The second kappa shape index (κ2) is 5.84. The average molecular weight is 281 g/mol. The largest absolute Gasteiger partial charge is 0.383 e. The number of methoxy groups -OCH3 is 1. The van der Waals surface area contributed by atoms with Crippen molar-refractivity contribution < 1.29 is 13.2 Å². The van der Waals surface area contributed by atoms with E-state index in [1.807, 2.05) is 13.8 Å². The van der Waals surface area contributed by atoms with Crippen LogP contribution >= 0.6 is 10.7 Å². The monoisotopic (exact) mass is 280 g/mol. The standard InChI is InChI=1S/C10H17ClN2O3S/c1-4-8-10(17(11,14)15)9(5-2)13(12-8)6-7-16-3/h4-7H2,1-3H3. The highest BCUT2D eigenvalue weighted by molar-refractivity contribution is 8.13. The molecule has 7 heteroatoms. The van der Waals surface area contributed by atoms with Gasteiger partial charge in [0, 0.05) is 17.8 Å². The molecule has 17 heavy (non-hydrogen) atoms. The Morgan fingerprint density at radius 3 is 2.41 bits per heavy atom. The highest BCUT2D eigenvalue weighted by Gasteiger charge is 2.25. The first-order valence-corrected chi connectivity index (χ1v) is 7.78. The molecule has 0 aliphatic rings. The molecule has 0 aromatic carbocycles. The maximum absolute atomic E-state index is 11.6. The van der Waals surface area contributed by atoms with Gasteiger partial charge in [-0.15, -0.1) is 0 Å². The molecule has 0 aliphatic carbocycles. The summed E-state index contributed by atoms with van der Waals surface area (Å²) in [6.07, 6.45) is 1.10. The van der Waals surface area contributed by atoms with Gasteiger partial charge in [0.25, 0.3) is 9.05 Å². The van der Waals surface area contributed by atoms with Gasteiger partial charge in [0.2, 0.25) is 0 Å². The van der Waals surface area contributed by atoms with Crippen LogP contribution < -0.4 is 0 Å². The number of halogens is 1. The van der Waals surface area contributed by atoms with Gasteiger partial charge in [0.15, 0.2) is 0 Å². The molecule has 98 valence electrons. The van der Waals surface area contributed by atoms with Gasteiger partial charge in [-0.05, 0) is 12.8 Å². The quantitative estimate of drug-likeness (QED) is 0.743. The third-order valence-electron chi connectivity index (χ3n) is 2.50. The molecule has 0 saturated heterocycles. The molecule has 1 rings (SSSR count).